The van der Waals surface area contributed by atoms with Gasteiger partial charge in [-0.05, 0) is 49.3 Å². The van der Waals surface area contributed by atoms with Crippen molar-refractivity contribution in [2.45, 2.75) is 39.0 Å². The summed E-state index contributed by atoms with van der Waals surface area (Å²) in [6.45, 7) is 5.72. The molecule has 4 rings (SSSR count). The minimum Gasteiger partial charge on any atom is -0.346 e. The number of carbonyl (C=O) groups is 1. The van der Waals surface area contributed by atoms with Crippen molar-refractivity contribution >= 4 is 22.6 Å². The highest BCUT2D eigenvalue weighted by atomic mass is 32.1. The van der Waals surface area contributed by atoms with E-state index in [0.29, 0.717) is 12.3 Å². The quantitative estimate of drug-likeness (QED) is 0.782. The smallest absolute Gasteiger partial charge is 0.227 e. The Morgan fingerprint density at radius 2 is 1.93 bits per heavy atom. The first-order valence-corrected chi connectivity index (χ1v) is 11.0. The number of nitrogens with zero attached hydrogens (tertiary/aromatic N) is 4. The highest BCUT2D eigenvalue weighted by molar-refractivity contribution is 7.09. The lowest BCUT2D eigenvalue weighted by Gasteiger charge is -2.37. The molecule has 2 aliphatic heterocycles. The van der Waals surface area contributed by atoms with Gasteiger partial charge in [-0.1, -0.05) is 19.1 Å². The van der Waals surface area contributed by atoms with Crippen molar-refractivity contribution in [2.75, 3.05) is 31.1 Å². The molecule has 2 aromatic rings. The van der Waals surface area contributed by atoms with Crippen LogP contribution in [-0.2, 0) is 11.2 Å². The highest BCUT2D eigenvalue weighted by Gasteiger charge is 2.31. The Kier molecular flexibility index (Phi) is 5.90. The minimum atomic E-state index is -0.233. The summed E-state index contributed by atoms with van der Waals surface area (Å²) in [4.78, 5) is 21.9. The van der Waals surface area contributed by atoms with Gasteiger partial charge in [-0.15, -0.1) is 0 Å². The molecule has 5 nitrogen and oxygen atoms in total. The molecular formula is C21H27FN4OS. The number of likely N-dealkylation sites (tertiary alicyclic amines) is 1. The summed E-state index contributed by atoms with van der Waals surface area (Å²) in [6.07, 6.45) is 4.80. The van der Waals surface area contributed by atoms with Gasteiger partial charge in [-0.2, -0.15) is 4.37 Å². The third-order valence-corrected chi connectivity index (χ3v) is 6.68. The van der Waals surface area contributed by atoms with Gasteiger partial charge in [0.05, 0.1) is 5.92 Å². The van der Waals surface area contributed by atoms with Crippen LogP contribution in [0.15, 0.2) is 24.3 Å². The lowest BCUT2D eigenvalue weighted by atomic mass is 9.94. The van der Waals surface area contributed by atoms with Gasteiger partial charge in [0.2, 0.25) is 11.0 Å². The topological polar surface area (TPSA) is 49.3 Å². The second kappa shape index (κ2) is 8.55. The fourth-order valence-corrected chi connectivity index (χ4v) is 4.79. The molecule has 1 aromatic carbocycles. The molecule has 1 unspecified atom stereocenters. The molecule has 3 heterocycles. The number of anilines is 1. The summed E-state index contributed by atoms with van der Waals surface area (Å²) in [5.41, 5.74) is 0.997. The van der Waals surface area contributed by atoms with Gasteiger partial charge in [0.1, 0.15) is 11.6 Å². The number of hydrogen-bond donors (Lipinski definition) is 0. The van der Waals surface area contributed by atoms with E-state index in [1.54, 1.807) is 12.1 Å². The van der Waals surface area contributed by atoms with Crippen molar-refractivity contribution in [3.8, 4) is 0 Å². The largest absolute Gasteiger partial charge is 0.346 e. The monoisotopic (exact) mass is 402 g/mol. The Hall–Kier alpha value is -2.02. The van der Waals surface area contributed by atoms with Crippen molar-refractivity contribution in [2.24, 2.45) is 11.8 Å². The molecule has 1 atom stereocenters. The maximum absolute atomic E-state index is 13.1. The lowest BCUT2D eigenvalue weighted by molar-refractivity contribution is -0.137. The molecule has 0 radical (unpaired) electrons. The van der Waals surface area contributed by atoms with Crippen LogP contribution in [0.5, 0.6) is 0 Å². The second-order valence-corrected chi connectivity index (χ2v) is 8.82. The summed E-state index contributed by atoms with van der Waals surface area (Å²) in [5, 5.41) is 0.891. The SMILES string of the molecule is CC1CCN(C(=O)C2CCCN(c3nc(Cc4ccc(F)cc4)ns3)C2)CC1. The molecule has 2 aliphatic rings. The van der Waals surface area contributed by atoms with Crippen LogP contribution in [0, 0.1) is 17.7 Å². The van der Waals surface area contributed by atoms with E-state index in [1.165, 1.54) is 23.7 Å². The van der Waals surface area contributed by atoms with Crippen LogP contribution in [0.25, 0.3) is 0 Å². The number of aromatic nitrogens is 2. The number of halogens is 1. The highest BCUT2D eigenvalue weighted by Crippen LogP contribution is 2.27. The Morgan fingerprint density at radius 3 is 2.68 bits per heavy atom. The van der Waals surface area contributed by atoms with Gasteiger partial charge >= 0.3 is 0 Å². The van der Waals surface area contributed by atoms with Crippen LogP contribution in [0.1, 0.15) is 44.0 Å². The molecule has 0 bridgehead atoms. The zero-order valence-corrected chi connectivity index (χ0v) is 17.1. The second-order valence-electron chi connectivity index (χ2n) is 8.09. The molecular weight excluding hydrogens is 375 g/mol. The maximum Gasteiger partial charge on any atom is 0.227 e. The molecule has 1 amide bonds. The van der Waals surface area contributed by atoms with E-state index >= 15 is 0 Å². The molecule has 0 N–H and O–H groups in total. The number of amides is 1. The van der Waals surface area contributed by atoms with E-state index in [2.05, 4.69) is 26.1 Å². The molecule has 28 heavy (non-hydrogen) atoms. The van der Waals surface area contributed by atoms with E-state index < -0.39 is 0 Å². The van der Waals surface area contributed by atoms with E-state index in [9.17, 15) is 9.18 Å². The Morgan fingerprint density at radius 1 is 1.18 bits per heavy atom. The Balaban J connectivity index is 1.37. The molecule has 2 fully saturated rings. The van der Waals surface area contributed by atoms with Gasteiger partial charge in [-0.3, -0.25) is 4.79 Å². The van der Waals surface area contributed by atoms with Gasteiger partial charge in [0.15, 0.2) is 0 Å². The molecule has 0 spiro atoms. The summed E-state index contributed by atoms with van der Waals surface area (Å²) in [5.74, 6) is 1.63. The molecule has 1 aromatic heterocycles. The third kappa shape index (κ3) is 4.51. The van der Waals surface area contributed by atoms with Crippen LogP contribution >= 0.6 is 11.5 Å². The van der Waals surface area contributed by atoms with Crippen molar-refractivity contribution in [1.29, 1.82) is 0 Å². The summed E-state index contributed by atoms with van der Waals surface area (Å²) < 4.78 is 17.5. The van der Waals surface area contributed by atoms with Crippen LogP contribution < -0.4 is 4.90 Å². The van der Waals surface area contributed by atoms with Crippen molar-refractivity contribution in [1.82, 2.24) is 14.3 Å². The van der Waals surface area contributed by atoms with Crippen LogP contribution in [0.2, 0.25) is 0 Å². The Bertz CT molecular complexity index is 801. The number of benzene rings is 1. The van der Waals surface area contributed by atoms with Crippen molar-refractivity contribution in [3.63, 3.8) is 0 Å². The molecule has 7 heteroatoms. The summed E-state index contributed by atoms with van der Waals surface area (Å²) in [6, 6.07) is 6.46. The zero-order chi connectivity index (χ0) is 19.5. The van der Waals surface area contributed by atoms with E-state index in [-0.39, 0.29) is 11.7 Å². The normalized spacial score (nSPS) is 21.1. The maximum atomic E-state index is 13.1. The fourth-order valence-electron chi connectivity index (χ4n) is 4.07. The summed E-state index contributed by atoms with van der Waals surface area (Å²) in [7, 11) is 0. The molecule has 150 valence electrons. The number of carbonyl (C=O) groups excluding carboxylic acids is 1. The molecule has 2 saturated heterocycles. The number of piperidine rings is 2. The van der Waals surface area contributed by atoms with Gasteiger partial charge in [0.25, 0.3) is 0 Å². The average Bonchev–Trinajstić information content (AvgIpc) is 3.18. The fraction of sp³-hybridized carbons (Fsp3) is 0.571. The molecule has 0 aliphatic carbocycles. The zero-order valence-electron chi connectivity index (χ0n) is 16.3. The summed E-state index contributed by atoms with van der Waals surface area (Å²) >= 11 is 1.39. The van der Waals surface area contributed by atoms with Crippen molar-refractivity contribution in [3.05, 3.63) is 41.5 Å². The van der Waals surface area contributed by atoms with E-state index in [1.807, 2.05) is 0 Å². The van der Waals surface area contributed by atoms with Crippen molar-refractivity contribution < 1.29 is 9.18 Å². The van der Waals surface area contributed by atoms with E-state index in [4.69, 9.17) is 0 Å². The predicted octanol–water partition coefficient (Wildman–Crippen LogP) is 3.74. The number of hydrogen-bond acceptors (Lipinski definition) is 5. The average molecular weight is 403 g/mol. The van der Waals surface area contributed by atoms with Crippen LogP contribution in [0.3, 0.4) is 0 Å². The molecule has 0 saturated carbocycles. The first-order chi connectivity index (χ1) is 13.6. The van der Waals surface area contributed by atoms with Crippen LogP contribution in [0.4, 0.5) is 9.52 Å². The minimum absolute atomic E-state index is 0.0617. The van der Waals surface area contributed by atoms with Gasteiger partial charge in [0, 0.05) is 44.1 Å². The van der Waals surface area contributed by atoms with Gasteiger partial charge < -0.3 is 9.80 Å². The van der Waals surface area contributed by atoms with E-state index in [0.717, 1.165) is 74.3 Å². The van der Waals surface area contributed by atoms with Crippen LogP contribution in [-0.4, -0.2) is 46.3 Å². The lowest BCUT2D eigenvalue weighted by Crippen LogP contribution is -2.47. The predicted molar refractivity (Wildman–Crippen MR) is 109 cm³/mol. The Labute approximate surface area is 169 Å². The first kappa shape index (κ1) is 19.3. The third-order valence-electron chi connectivity index (χ3n) is 5.87. The standard InChI is InChI=1S/C21H27FN4OS/c1-15-8-11-25(12-9-15)20(27)17-3-2-10-26(14-17)21-23-19(24-28-21)13-16-4-6-18(22)7-5-16/h4-7,15,17H,2-3,8-14H2,1H3. The first-order valence-electron chi connectivity index (χ1n) is 10.2. The number of rotatable bonds is 4. The van der Waals surface area contributed by atoms with Gasteiger partial charge in [-0.25, -0.2) is 9.37 Å².